The number of nitrogens with one attached hydrogen (secondary N) is 2. The van der Waals surface area contributed by atoms with Crippen molar-refractivity contribution >= 4 is 10.0 Å². The number of rotatable bonds is 5. The van der Waals surface area contributed by atoms with Crippen molar-refractivity contribution in [2.45, 2.75) is 24.7 Å². The fraction of sp³-hybridized carbons (Fsp3) is 0.250. The van der Waals surface area contributed by atoms with Crippen LogP contribution in [0.15, 0.2) is 32.2 Å². The van der Waals surface area contributed by atoms with Crippen LogP contribution in [-0.4, -0.2) is 28.8 Å². The van der Waals surface area contributed by atoms with Crippen molar-refractivity contribution in [3.8, 4) is 11.5 Å². The van der Waals surface area contributed by atoms with Crippen LogP contribution in [-0.2, 0) is 22.7 Å². The normalized spacial score (nSPS) is 12.6. The van der Waals surface area contributed by atoms with E-state index in [2.05, 4.69) is 20.0 Å². The lowest BCUT2D eigenvalue weighted by atomic mass is 10.3. The maximum absolute atomic E-state index is 12.5. The number of alkyl halides is 3. The predicted molar refractivity (Wildman–Crippen MR) is 74.4 cm³/mol. The minimum Gasteiger partial charge on any atom is -0.442 e. The molecule has 134 valence electrons. The quantitative estimate of drug-likeness (QED) is 0.695. The van der Waals surface area contributed by atoms with Gasteiger partial charge in [-0.2, -0.15) is 23.3 Å². The van der Waals surface area contributed by atoms with Crippen LogP contribution in [0.4, 0.5) is 13.2 Å². The zero-order valence-corrected chi connectivity index (χ0v) is 13.3. The highest BCUT2D eigenvalue weighted by Gasteiger charge is 2.33. The van der Waals surface area contributed by atoms with Crippen molar-refractivity contribution in [3.05, 3.63) is 35.6 Å². The smallest absolute Gasteiger partial charge is 0.432 e. The van der Waals surface area contributed by atoms with E-state index in [0.29, 0.717) is 6.07 Å². The fourth-order valence-electron chi connectivity index (χ4n) is 1.84. The summed E-state index contributed by atoms with van der Waals surface area (Å²) < 4.78 is 73.9. The summed E-state index contributed by atoms with van der Waals surface area (Å²) in [6.45, 7) is 1.30. The number of aromatic amines is 1. The molecule has 0 aliphatic heterocycles. The second-order valence-electron chi connectivity index (χ2n) is 4.84. The summed E-state index contributed by atoms with van der Waals surface area (Å²) in [5, 5.41) is 8.31. The average molecular weight is 377 g/mol. The summed E-state index contributed by atoms with van der Waals surface area (Å²) in [5.74, 6) is 0.256. The van der Waals surface area contributed by atoms with E-state index in [0.717, 1.165) is 6.07 Å². The maximum Gasteiger partial charge on any atom is 0.432 e. The molecule has 3 aromatic rings. The van der Waals surface area contributed by atoms with Crippen LogP contribution in [0.1, 0.15) is 17.4 Å². The zero-order valence-electron chi connectivity index (χ0n) is 12.5. The Labute approximate surface area is 138 Å². The number of hydrogen-bond donors (Lipinski definition) is 2. The van der Waals surface area contributed by atoms with Gasteiger partial charge in [-0.05, 0) is 18.2 Å². The van der Waals surface area contributed by atoms with E-state index in [1.807, 2.05) is 5.10 Å². The number of sulfonamides is 1. The van der Waals surface area contributed by atoms with Crippen molar-refractivity contribution in [2.75, 3.05) is 0 Å². The molecule has 0 atom stereocenters. The molecule has 3 rings (SSSR count). The molecule has 0 aliphatic rings. The Bertz CT molecular complexity index is 988. The molecular formula is C12H10F3N5O4S. The zero-order chi connectivity index (χ0) is 18.2. The molecule has 3 aromatic heterocycles. The lowest BCUT2D eigenvalue weighted by molar-refractivity contribution is -0.141. The molecule has 0 radical (unpaired) electrons. The highest BCUT2D eigenvalue weighted by atomic mass is 32.2. The van der Waals surface area contributed by atoms with Gasteiger partial charge in [0.25, 0.3) is 10.0 Å². The Morgan fingerprint density at radius 3 is 2.68 bits per heavy atom. The number of H-pyrrole nitrogens is 1. The summed E-state index contributed by atoms with van der Waals surface area (Å²) in [5.41, 5.74) is -1.25. The molecule has 3 heterocycles. The van der Waals surface area contributed by atoms with Crippen LogP contribution >= 0.6 is 0 Å². The third-order valence-electron chi connectivity index (χ3n) is 2.97. The van der Waals surface area contributed by atoms with Crippen LogP contribution in [0, 0.1) is 6.92 Å². The minimum atomic E-state index is -4.60. The molecule has 0 aliphatic carbocycles. The summed E-state index contributed by atoms with van der Waals surface area (Å²) >= 11 is 0. The first-order chi connectivity index (χ1) is 11.6. The van der Waals surface area contributed by atoms with Crippen LogP contribution < -0.4 is 4.72 Å². The third kappa shape index (κ3) is 3.71. The minimum absolute atomic E-state index is 0.120. The van der Waals surface area contributed by atoms with Gasteiger partial charge in [0.1, 0.15) is 11.4 Å². The molecule has 2 N–H and O–H groups in total. The van der Waals surface area contributed by atoms with Gasteiger partial charge in [0.2, 0.25) is 11.0 Å². The Kier molecular flexibility index (Phi) is 4.12. The summed E-state index contributed by atoms with van der Waals surface area (Å²) in [4.78, 5) is 3.83. The molecule has 25 heavy (non-hydrogen) atoms. The summed E-state index contributed by atoms with van der Waals surface area (Å²) in [6.07, 6.45) is -4.60. The average Bonchev–Trinajstić information content (AvgIpc) is 3.24. The van der Waals surface area contributed by atoms with E-state index < -0.39 is 27.0 Å². The van der Waals surface area contributed by atoms with Gasteiger partial charge in [0.05, 0.1) is 6.54 Å². The molecule has 0 unspecified atom stereocenters. The van der Waals surface area contributed by atoms with Crippen molar-refractivity contribution in [3.63, 3.8) is 0 Å². The van der Waals surface area contributed by atoms with Crippen molar-refractivity contribution in [1.82, 2.24) is 25.1 Å². The van der Waals surface area contributed by atoms with E-state index in [4.69, 9.17) is 8.94 Å². The Hall–Kier alpha value is -2.67. The summed E-state index contributed by atoms with van der Waals surface area (Å²) in [7, 11) is -4.06. The molecule has 0 bridgehead atoms. The highest BCUT2D eigenvalue weighted by Crippen LogP contribution is 2.31. The monoisotopic (exact) mass is 377 g/mol. The number of aryl methyl sites for hydroxylation is 1. The van der Waals surface area contributed by atoms with Crippen molar-refractivity contribution in [2.24, 2.45) is 0 Å². The van der Waals surface area contributed by atoms with Crippen LogP contribution in [0.3, 0.4) is 0 Å². The first-order valence-electron chi connectivity index (χ1n) is 6.67. The first kappa shape index (κ1) is 17.2. The SMILES string of the molecule is Cc1nc(CNS(=O)(=O)c2ccc(-c3cc(C(F)(F)F)[nH]n3)o2)no1. The summed E-state index contributed by atoms with van der Waals surface area (Å²) in [6, 6.07) is 3.01. The van der Waals surface area contributed by atoms with Crippen LogP contribution in [0.5, 0.6) is 0 Å². The number of furan rings is 1. The second kappa shape index (κ2) is 6.00. The number of halogens is 3. The molecule has 0 amide bonds. The lowest BCUT2D eigenvalue weighted by Gasteiger charge is -2.00. The van der Waals surface area contributed by atoms with Gasteiger partial charge >= 0.3 is 6.18 Å². The van der Waals surface area contributed by atoms with E-state index in [1.165, 1.54) is 6.07 Å². The van der Waals surface area contributed by atoms with Crippen LogP contribution in [0.25, 0.3) is 11.5 Å². The first-order valence-corrected chi connectivity index (χ1v) is 8.15. The van der Waals surface area contributed by atoms with Crippen molar-refractivity contribution in [1.29, 1.82) is 0 Å². The number of nitrogens with zero attached hydrogens (tertiary/aromatic N) is 3. The highest BCUT2D eigenvalue weighted by molar-refractivity contribution is 7.89. The van der Waals surface area contributed by atoms with E-state index in [-0.39, 0.29) is 29.7 Å². The molecular weight excluding hydrogens is 367 g/mol. The topological polar surface area (TPSA) is 127 Å². The van der Waals surface area contributed by atoms with E-state index >= 15 is 0 Å². The van der Waals surface area contributed by atoms with E-state index in [9.17, 15) is 21.6 Å². The molecule has 0 spiro atoms. The van der Waals surface area contributed by atoms with Gasteiger partial charge in [-0.25, -0.2) is 13.1 Å². The van der Waals surface area contributed by atoms with Gasteiger partial charge in [-0.1, -0.05) is 5.16 Å². The van der Waals surface area contributed by atoms with Gasteiger partial charge in [0.15, 0.2) is 11.6 Å². The Morgan fingerprint density at radius 1 is 1.32 bits per heavy atom. The van der Waals surface area contributed by atoms with E-state index in [1.54, 1.807) is 6.92 Å². The second-order valence-corrected chi connectivity index (χ2v) is 6.54. The predicted octanol–water partition coefficient (Wildman–Crippen LogP) is 1.86. The Morgan fingerprint density at radius 2 is 2.08 bits per heavy atom. The molecule has 0 saturated carbocycles. The standard InChI is InChI=1S/C12H10F3N5O4S/c1-6-17-10(20-24-6)5-16-25(21,22)11-3-2-8(23-11)7-4-9(19-18-7)12(13,14)15/h2-4,16H,5H2,1H3,(H,18,19). The molecule has 13 heteroatoms. The lowest BCUT2D eigenvalue weighted by Crippen LogP contribution is -2.23. The molecule has 0 aromatic carbocycles. The Balaban J connectivity index is 1.76. The molecule has 9 nitrogen and oxygen atoms in total. The molecule has 0 fully saturated rings. The number of aromatic nitrogens is 4. The largest absolute Gasteiger partial charge is 0.442 e. The van der Waals surface area contributed by atoms with Gasteiger partial charge in [-0.3, -0.25) is 5.10 Å². The van der Waals surface area contributed by atoms with Gasteiger partial charge in [0, 0.05) is 6.92 Å². The maximum atomic E-state index is 12.5. The van der Waals surface area contributed by atoms with Gasteiger partial charge < -0.3 is 8.94 Å². The third-order valence-corrected chi connectivity index (χ3v) is 4.25. The fourth-order valence-corrected chi connectivity index (χ4v) is 2.75. The molecule has 0 saturated heterocycles. The number of hydrogen-bond acceptors (Lipinski definition) is 7. The van der Waals surface area contributed by atoms with Crippen molar-refractivity contribution < 1.29 is 30.5 Å². The van der Waals surface area contributed by atoms with Crippen LogP contribution in [0.2, 0.25) is 0 Å². The van der Waals surface area contributed by atoms with Gasteiger partial charge in [-0.15, -0.1) is 0 Å².